The number of likely N-dealkylation sites (tertiary alicyclic amines) is 1. The molecule has 0 spiro atoms. The first-order valence-corrected chi connectivity index (χ1v) is 11.0. The molecule has 2 heterocycles. The van der Waals surface area contributed by atoms with Gasteiger partial charge in [-0.15, -0.1) is 0 Å². The van der Waals surface area contributed by atoms with Crippen LogP contribution < -0.4 is 15.5 Å². The smallest absolute Gasteiger partial charge is 0.191 e. The second kappa shape index (κ2) is 10.2. The first-order valence-electron chi connectivity index (χ1n) is 11.0. The highest BCUT2D eigenvalue weighted by Gasteiger charge is 2.27. The van der Waals surface area contributed by atoms with E-state index in [0.717, 1.165) is 32.0 Å². The molecule has 2 atom stereocenters. The zero-order chi connectivity index (χ0) is 20.8. The van der Waals surface area contributed by atoms with Crippen LogP contribution in [0.5, 0.6) is 0 Å². The van der Waals surface area contributed by atoms with Crippen molar-refractivity contribution in [1.29, 1.82) is 0 Å². The molecule has 2 fully saturated rings. The predicted molar refractivity (Wildman–Crippen MR) is 116 cm³/mol. The SMILES string of the molecule is CCNC(=NCC1CCCN(C(C)C)C1)NC1CCN(c2c(F)cccc2F)C1. The molecule has 0 aromatic heterocycles. The second-order valence-corrected chi connectivity index (χ2v) is 8.46. The van der Waals surface area contributed by atoms with Crippen LogP contribution in [0.3, 0.4) is 0 Å². The number of halogens is 2. The molecular weight excluding hydrogens is 372 g/mol. The van der Waals surface area contributed by atoms with Gasteiger partial charge in [0.1, 0.15) is 17.3 Å². The van der Waals surface area contributed by atoms with Gasteiger partial charge >= 0.3 is 0 Å². The van der Waals surface area contributed by atoms with E-state index in [-0.39, 0.29) is 11.7 Å². The zero-order valence-electron chi connectivity index (χ0n) is 17.9. The number of anilines is 1. The highest BCUT2D eigenvalue weighted by Crippen LogP contribution is 2.26. The van der Waals surface area contributed by atoms with Crippen molar-refractivity contribution >= 4 is 11.6 Å². The highest BCUT2D eigenvalue weighted by molar-refractivity contribution is 5.80. The minimum absolute atomic E-state index is 0.0784. The van der Waals surface area contributed by atoms with E-state index in [1.165, 1.54) is 37.6 Å². The van der Waals surface area contributed by atoms with Crippen LogP contribution in [0.25, 0.3) is 0 Å². The average Bonchev–Trinajstić information content (AvgIpc) is 3.14. The third-order valence-corrected chi connectivity index (χ3v) is 5.92. The molecule has 0 amide bonds. The molecule has 2 unspecified atom stereocenters. The molecule has 0 bridgehead atoms. The predicted octanol–water partition coefficient (Wildman–Crippen LogP) is 3.22. The van der Waals surface area contributed by atoms with E-state index in [9.17, 15) is 8.78 Å². The number of rotatable bonds is 6. The van der Waals surface area contributed by atoms with Crippen molar-refractivity contribution in [3.63, 3.8) is 0 Å². The van der Waals surface area contributed by atoms with E-state index >= 15 is 0 Å². The molecule has 1 aromatic rings. The summed E-state index contributed by atoms with van der Waals surface area (Å²) >= 11 is 0. The van der Waals surface area contributed by atoms with E-state index in [4.69, 9.17) is 4.99 Å². The third kappa shape index (κ3) is 5.81. The summed E-state index contributed by atoms with van der Waals surface area (Å²) in [7, 11) is 0. The largest absolute Gasteiger partial charge is 0.365 e. The van der Waals surface area contributed by atoms with Crippen molar-refractivity contribution in [2.75, 3.05) is 44.2 Å². The van der Waals surface area contributed by atoms with E-state index in [0.29, 0.717) is 25.0 Å². The molecule has 5 nitrogen and oxygen atoms in total. The Kier molecular flexibility index (Phi) is 7.70. The minimum atomic E-state index is -0.502. The van der Waals surface area contributed by atoms with Gasteiger partial charge in [0.05, 0.1) is 0 Å². The lowest BCUT2D eigenvalue weighted by Gasteiger charge is -2.35. The Morgan fingerprint density at radius 1 is 1.17 bits per heavy atom. The summed E-state index contributed by atoms with van der Waals surface area (Å²) in [6.07, 6.45) is 3.27. The summed E-state index contributed by atoms with van der Waals surface area (Å²) in [6, 6.07) is 4.73. The van der Waals surface area contributed by atoms with Crippen LogP contribution in [0.1, 0.15) is 40.0 Å². The number of piperidine rings is 1. The topological polar surface area (TPSA) is 42.9 Å². The van der Waals surface area contributed by atoms with Crippen molar-refractivity contribution in [3.05, 3.63) is 29.8 Å². The maximum atomic E-state index is 14.1. The number of benzene rings is 1. The van der Waals surface area contributed by atoms with Gasteiger partial charge in [0.2, 0.25) is 0 Å². The van der Waals surface area contributed by atoms with Gasteiger partial charge in [-0.05, 0) is 64.6 Å². The lowest BCUT2D eigenvalue weighted by Crippen LogP contribution is -2.45. The Morgan fingerprint density at radius 3 is 2.62 bits per heavy atom. The number of para-hydroxylation sites is 1. The summed E-state index contributed by atoms with van der Waals surface area (Å²) in [5.74, 6) is 0.376. The van der Waals surface area contributed by atoms with Gasteiger partial charge in [-0.3, -0.25) is 4.99 Å². The summed E-state index contributed by atoms with van der Waals surface area (Å²) in [4.78, 5) is 9.14. The lowest BCUT2D eigenvalue weighted by molar-refractivity contribution is 0.143. The normalized spacial score (nSPS) is 23.7. The van der Waals surface area contributed by atoms with Crippen LogP contribution in [-0.4, -0.2) is 62.2 Å². The number of aliphatic imine (C=N–C) groups is 1. The molecule has 0 saturated carbocycles. The van der Waals surface area contributed by atoms with Gasteiger partial charge in [0.25, 0.3) is 0 Å². The van der Waals surface area contributed by atoms with E-state index in [1.54, 1.807) is 4.90 Å². The molecule has 7 heteroatoms. The summed E-state index contributed by atoms with van der Waals surface area (Å²) in [5, 5.41) is 6.79. The Hall–Kier alpha value is -1.89. The first kappa shape index (κ1) is 21.8. The van der Waals surface area contributed by atoms with Crippen LogP contribution >= 0.6 is 0 Å². The standard InChI is InChI=1S/C22H35F2N5/c1-4-25-22(26-13-17-7-6-11-28(14-17)16(2)3)27-18-10-12-29(15-18)21-19(23)8-5-9-20(21)24/h5,8-9,16-18H,4,6-7,10-15H2,1-3H3,(H2,25,26,27). The summed E-state index contributed by atoms with van der Waals surface area (Å²) in [5.41, 5.74) is 0.0784. The molecule has 2 aliphatic heterocycles. The van der Waals surface area contributed by atoms with E-state index in [1.807, 2.05) is 6.92 Å². The molecule has 2 aliphatic rings. The lowest BCUT2D eigenvalue weighted by atomic mass is 9.97. The number of guanidine groups is 1. The molecule has 1 aromatic carbocycles. The van der Waals surface area contributed by atoms with Crippen LogP contribution in [0.2, 0.25) is 0 Å². The molecule has 0 radical (unpaired) electrons. The van der Waals surface area contributed by atoms with Crippen molar-refractivity contribution in [2.45, 2.75) is 52.1 Å². The van der Waals surface area contributed by atoms with Gasteiger partial charge in [0.15, 0.2) is 5.96 Å². The van der Waals surface area contributed by atoms with Crippen LogP contribution in [0.4, 0.5) is 14.5 Å². The van der Waals surface area contributed by atoms with Gasteiger partial charge in [0, 0.05) is 44.8 Å². The third-order valence-electron chi connectivity index (χ3n) is 5.92. The summed E-state index contributed by atoms with van der Waals surface area (Å²) in [6.45, 7) is 11.6. The Bertz CT molecular complexity index is 674. The van der Waals surface area contributed by atoms with E-state index in [2.05, 4.69) is 29.4 Å². The summed E-state index contributed by atoms with van der Waals surface area (Å²) < 4.78 is 28.2. The maximum Gasteiger partial charge on any atom is 0.191 e. The monoisotopic (exact) mass is 407 g/mol. The van der Waals surface area contributed by atoms with Crippen molar-refractivity contribution in [3.8, 4) is 0 Å². The second-order valence-electron chi connectivity index (χ2n) is 8.46. The van der Waals surface area contributed by atoms with Crippen LogP contribution in [0.15, 0.2) is 23.2 Å². The average molecular weight is 408 g/mol. The fourth-order valence-corrected chi connectivity index (χ4v) is 4.32. The Labute approximate surface area is 173 Å². The fourth-order valence-electron chi connectivity index (χ4n) is 4.32. The van der Waals surface area contributed by atoms with Crippen molar-refractivity contribution in [1.82, 2.24) is 15.5 Å². The quantitative estimate of drug-likeness (QED) is 0.561. The molecule has 2 N–H and O–H groups in total. The fraction of sp³-hybridized carbons (Fsp3) is 0.682. The zero-order valence-corrected chi connectivity index (χ0v) is 17.9. The molecule has 3 rings (SSSR count). The van der Waals surface area contributed by atoms with Gasteiger partial charge in [-0.1, -0.05) is 6.07 Å². The molecule has 0 aliphatic carbocycles. The Morgan fingerprint density at radius 2 is 1.93 bits per heavy atom. The first-order chi connectivity index (χ1) is 14.0. The Balaban J connectivity index is 1.57. The van der Waals surface area contributed by atoms with Crippen LogP contribution in [-0.2, 0) is 0 Å². The number of nitrogens with one attached hydrogen (secondary N) is 2. The minimum Gasteiger partial charge on any atom is -0.365 e. The highest BCUT2D eigenvalue weighted by atomic mass is 19.1. The van der Waals surface area contributed by atoms with Crippen molar-refractivity contribution < 1.29 is 8.78 Å². The molecular formula is C22H35F2N5. The number of nitrogens with zero attached hydrogens (tertiary/aromatic N) is 3. The molecule has 29 heavy (non-hydrogen) atoms. The van der Waals surface area contributed by atoms with Crippen molar-refractivity contribution in [2.24, 2.45) is 10.9 Å². The molecule has 2 saturated heterocycles. The van der Waals surface area contributed by atoms with E-state index < -0.39 is 11.6 Å². The maximum absolute atomic E-state index is 14.1. The van der Waals surface area contributed by atoms with Crippen LogP contribution in [0, 0.1) is 17.6 Å². The van der Waals surface area contributed by atoms with Gasteiger partial charge < -0.3 is 20.4 Å². The molecule has 162 valence electrons. The van der Waals surface area contributed by atoms with Gasteiger partial charge in [-0.2, -0.15) is 0 Å². The number of hydrogen-bond acceptors (Lipinski definition) is 3. The van der Waals surface area contributed by atoms with Gasteiger partial charge in [-0.25, -0.2) is 8.78 Å². The number of hydrogen-bond donors (Lipinski definition) is 2.